The summed E-state index contributed by atoms with van der Waals surface area (Å²) >= 11 is 0. The zero-order valence-corrected chi connectivity index (χ0v) is 6.01. The van der Waals surface area contributed by atoms with Crippen molar-refractivity contribution in [2.75, 3.05) is 0 Å². The zero-order chi connectivity index (χ0) is 7.94. The van der Waals surface area contributed by atoms with Crippen molar-refractivity contribution >= 4 is 12.3 Å². The molecule has 2 nitrogen and oxygen atoms in total. The predicted molar refractivity (Wildman–Crippen MR) is 45.8 cm³/mol. The lowest BCUT2D eigenvalue weighted by Gasteiger charge is -1.87. The molecule has 0 amide bonds. The van der Waals surface area contributed by atoms with Crippen LogP contribution in [0, 0.1) is 0 Å². The number of nitrogens with zero attached hydrogens (tertiary/aromatic N) is 1. The van der Waals surface area contributed by atoms with E-state index in [0.29, 0.717) is 0 Å². The van der Waals surface area contributed by atoms with Crippen molar-refractivity contribution in [1.82, 2.24) is 0 Å². The van der Waals surface area contributed by atoms with Gasteiger partial charge in [-0.1, -0.05) is 41.6 Å². The van der Waals surface area contributed by atoms with Crippen LogP contribution < -0.4 is 0 Å². The molecule has 0 spiro atoms. The molecule has 0 aromatic heterocycles. The van der Waals surface area contributed by atoms with Crippen molar-refractivity contribution in [3.63, 3.8) is 0 Å². The largest absolute Gasteiger partial charge is 0.411 e. The van der Waals surface area contributed by atoms with Crippen molar-refractivity contribution in [3.05, 3.63) is 42.0 Å². The molecule has 2 heteroatoms. The van der Waals surface area contributed by atoms with Gasteiger partial charge in [0.1, 0.15) is 0 Å². The molecule has 0 saturated carbocycles. The van der Waals surface area contributed by atoms with Gasteiger partial charge in [0.2, 0.25) is 0 Å². The molecule has 0 radical (unpaired) electrons. The Kier molecular flexibility index (Phi) is 2.93. The molecule has 0 saturated heterocycles. The van der Waals surface area contributed by atoms with E-state index in [9.17, 15) is 0 Å². The molecule has 0 aliphatic heterocycles. The predicted octanol–water partition coefficient (Wildman–Crippen LogP) is 2.16. The van der Waals surface area contributed by atoms with E-state index < -0.39 is 0 Å². The van der Waals surface area contributed by atoms with Gasteiger partial charge in [-0.2, -0.15) is 0 Å². The second-order valence-electron chi connectivity index (χ2n) is 2.03. The lowest BCUT2D eigenvalue weighted by molar-refractivity contribution is 0.322. The minimum Gasteiger partial charge on any atom is -0.411 e. The third kappa shape index (κ3) is 2.67. The van der Waals surface area contributed by atoms with Crippen molar-refractivity contribution in [1.29, 1.82) is 0 Å². The van der Waals surface area contributed by atoms with E-state index in [2.05, 4.69) is 5.16 Å². The van der Waals surface area contributed by atoms with Gasteiger partial charge < -0.3 is 5.21 Å². The van der Waals surface area contributed by atoms with Crippen molar-refractivity contribution in [2.24, 2.45) is 5.16 Å². The molecule has 0 bridgehead atoms. The molecule has 0 unspecified atom stereocenters. The van der Waals surface area contributed by atoms with E-state index in [1.165, 1.54) is 6.21 Å². The van der Waals surface area contributed by atoms with Gasteiger partial charge in [0, 0.05) is 0 Å². The first-order valence-electron chi connectivity index (χ1n) is 3.32. The van der Waals surface area contributed by atoms with Gasteiger partial charge >= 0.3 is 0 Å². The fourth-order valence-electron chi connectivity index (χ4n) is 0.757. The molecule has 11 heavy (non-hydrogen) atoms. The van der Waals surface area contributed by atoms with E-state index in [1.54, 1.807) is 6.08 Å². The monoisotopic (exact) mass is 147 g/mol. The Balaban J connectivity index is 2.64. The number of allylic oxidation sites excluding steroid dienone is 1. The van der Waals surface area contributed by atoms with Crippen LogP contribution in [0.1, 0.15) is 5.56 Å². The highest BCUT2D eigenvalue weighted by Crippen LogP contribution is 1.99. The summed E-state index contributed by atoms with van der Waals surface area (Å²) in [5.41, 5.74) is 1.09. The molecule has 1 aromatic carbocycles. The Morgan fingerprint density at radius 1 is 1.18 bits per heavy atom. The molecule has 0 atom stereocenters. The van der Waals surface area contributed by atoms with Crippen LogP contribution >= 0.6 is 0 Å². The molecule has 1 N–H and O–H groups in total. The summed E-state index contributed by atoms with van der Waals surface area (Å²) in [6, 6.07) is 9.81. The number of hydrogen-bond acceptors (Lipinski definition) is 2. The smallest absolute Gasteiger partial charge is 0.0661 e. The summed E-state index contributed by atoms with van der Waals surface area (Å²) in [5.74, 6) is 0. The van der Waals surface area contributed by atoms with E-state index in [4.69, 9.17) is 5.21 Å². The Bertz CT molecular complexity index is 252. The Hall–Kier alpha value is -1.57. The van der Waals surface area contributed by atoms with Crippen LogP contribution in [0.3, 0.4) is 0 Å². The summed E-state index contributed by atoms with van der Waals surface area (Å²) in [5, 5.41) is 10.9. The maximum atomic E-state index is 8.06. The van der Waals surface area contributed by atoms with Gasteiger partial charge in [-0.3, -0.25) is 0 Å². The second kappa shape index (κ2) is 4.28. The molecular formula is C9H9NO. The number of benzene rings is 1. The fourth-order valence-corrected chi connectivity index (χ4v) is 0.757. The SMILES string of the molecule is O/N=C\C=C\c1ccccc1. The third-order valence-corrected chi connectivity index (χ3v) is 1.24. The molecule has 0 aliphatic rings. The van der Waals surface area contributed by atoms with Gasteiger partial charge in [-0.15, -0.1) is 0 Å². The van der Waals surface area contributed by atoms with Gasteiger partial charge in [0.15, 0.2) is 0 Å². The maximum Gasteiger partial charge on any atom is 0.0661 e. The molecule has 56 valence electrons. The average Bonchev–Trinajstić information content (AvgIpc) is 2.07. The highest BCUT2D eigenvalue weighted by molar-refractivity contribution is 5.77. The van der Waals surface area contributed by atoms with Crippen LogP contribution in [-0.2, 0) is 0 Å². The Morgan fingerprint density at radius 3 is 2.55 bits per heavy atom. The summed E-state index contributed by atoms with van der Waals surface area (Å²) < 4.78 is 0. The Labute approximate surface area is 65.5 Å². The molecule has 0 aliphatic carbocycles. The normalized spacial score (nSPS) is 11.3. The van der Waals surface area contributed by atoms with E-state index in [1.807, 2.05) is 36.4 Å². The first kappa shape index (κ1) is 7.54. The third-order valence-electron chi connectivity index (χ3n) is 1.24. The van der Waals surface area contributed by atoms with Crippen LogP contribution in [-0.4, -0.2) is 11.4 Å². The lowest BCUT2D eigenvalue weighted by atomic mass is 10.2. The van der Waals surface area contributed by atoms with E-state index >= 15 is 0 Å². The molecular weight excluding hydrogens is 138 g/mol. The first-order chi connectivity index (χ1) is 5.43. The van der Waals surface area contributed by atoms with Gasteiger partial charge in [0.05, 0.1) is 6.21 Å². The highest BCUT2D eigenvalue weighted by atomic mass is 16.4. The van der Waals surface area contributed by atoms with Crippen LogP contribution in [0.25, 0.3) is 6.08 Å². The Morgan fingerprint density at radius 2 is 1.91 bits per heavy atom. The minimum absolute atomic E-state index is 1.09. The van der Waals surface area contributed by atoms with Crippen molar-refractivity contribution in [3.8, 4) is 0 Å². The van der Waals surface area contributed by atoms with Gasteiger partial charge in [-0.05, 0) is 11.6 Å². The second-order valence-corrected chi connectivity index (χ2v) is 2.03. The summed E-state index contributed by atoms with van der Waals surface area (Å²) in [7, 11) is 0. The van der Waals surface area contributed by atoms with E-state index in [0.717, 1.165) is 5.56 Å². The summed E-state index contributed by atoms with van der Waals surface area (Å²) in [6.07, 6.45) is 4.86. The van der Waals surface area contributed by atoms with Crippen LogP contribution in [0.15, 0.2) is 41.6 Å². The van der Waals surface area contributed by atoms with Gasteiger partial charge in [-0.25, -0.2) is 0 Å². The highest BCUT2D eigenvalue weighted by Gasteiger charge is 1.79. The summed E-state index contributed by atoms with van der Waals surface area (Å²) in [4.78, 5) is 0. The van der Waals surface area contributed by atoms with Gasteiger partial charge in [0.25, 0.3) is 0 Å². The topological polar surface area (TPSA) is 32.6 Å². The lowest BCUT2D eigenvalue weighted by Crippen LogP contribution is -1.68. The standard InChI is InChI=1S/C9H9NO/c11-10-8-4-7-9-5-2-1-3-6-9/h1-8,11H/b7-4+,10-8-. The molecule has 0 fully saturated rings. The fraction of sp³-hybridized carbons (Fsp3) is 0. The van der Waals surface area contributed by atoms with Crippen LogP contribution in [0.5, 0.6) is 0 Å². The average molecular weight is 147 g/mol. The number of hydrogen-bond donors (Lipinski definition) is 1. The van der Waals surface area contributed by atoms with Crippen molar-refractivity contribution < 1.29 is 5.21 Å². The number of rotatable bonds is 2. The van der Waals surface area contributed by atoms with Crippen LogP contribution in [0.4, 0.5) is 0 Å². The van der Waals surface area contributed by atoms with Crippen molar-refractivity contribution in [2.45, 2.75) is 0 Å². The minimum atomic E-state index is 1.09. The molecule has 1 aromatic rings. The summed E-state index contributed by atoms with van der Waals surface area (Å²) in [6.45, 7) is 0. The number of oxime groups is 1. The zero-order valence-electron chi connectivity index (χ0n) is 6.01. The van der Waals surface area contributed by atoms with Crippen LogP contribution in [0.2, 0.25) is 0 Å². The quantitative estimate of drug-likeness (QED) is 0.388. The maximum absolute atomic E-state index is 8.06. The van der Waals surface area contributed by atoms with E-state index in [-0.39, 0.29) is 0 Å². The molecule has 1 rings (SSSR count). The molecule has 0 heterocycles. The first-order valence-corrected chi connectivity index (χ1v) is 3.32.